The number of nitrogens with one attached hydrogen (secondary N) is 2. The molecule has 0 aromatic heterocycles. The van der Waals surface area contributed by atoms with Crippen LogP contribution in [0.15, 0.2) is 29.3 Å². The van der Waals surface area contributed by atoms with Crippen molar-refractivity contribution in [3.05, 3.63) is 29.8 Å². The van der Waals surface area contributed by atoms with Crippen LogP contribution in [-0.4, -0.2) is 25.0 Å². The number of aliphatic imine (C=N–C) groups is 1. The van der Waals surface area contributed by atoms with Crippen LogP contribution in [0.3, 0.4) is 0 Å². The summed E-state index contributed by atoms with van der Waals surface area (Å²) in [6.07, 6.45) is 0. The van der Waals surface area contributed by atoms with Crippen molar-refractivity contribution in [2.75, 3.05) is 18.4 Å². The largest absolute Gasteiger partial charge is 0.370 e. The molecule has 5 nitrogen and oxygen atoms in total. The van der Waals surface area contributed by atoms with Gasteiger partial charge in [0.05, 0.1) is 6.54 Å². The average molecular weight is 362 g/mol. The second kappa shape index (κ2) is 8.73. The van der Waals surface area contributed by atoms with Crippen LogP contribution in [0.25, 0.3) is 0 Å². The average Bonchev–Trinajstić information content (AvgIpc) is 2.24. The quantitative estimate of drug-likeness (QED) is 0.329. The molecule has 4 N–H and O–H groups in total. The maximum absolute atomic E-state index is 10.6. The first-order chi connectivity index (χ1) is 8.08. The number of benzene rings is 1. The van der Waals surface area contributed by atoms with Crippen molar-refractivity contribution in [2.24, 2.45) is 10.7 Å². The van der Waals surface area contributed by atoms with E-state index in [0.717, 1.165) is 11.3 Å². The molecule has 1 aromatic rings. The fourth-order valence-electron chi connectivity index (χ4n) is 1.32. The van der Waals surface area contributed by atoms with Crippen molar-refractivity contribution in [1.29, 1.82) is 0 Å². The smallest absolute Gasteiger partial charge is 0.216 e. The standard InChI is InChI=1S/C12H18N4O.HI/c1-9-4-3-5-11(8-9)16-12(13)15-7-6-14-10(2)17;/h3-5,8H,6-7H2,1-2H3,(H,14,17)(H3,13,15,16);1H. The van der Waals surface area contributed by atoms with Crippen LogP contribution in [0.2, 0.25) is 0 Å². The minimum absolute atomic E-state index is 0. The number of nitrogens with two attached hydrogens (primary N) is 1. The van der Waals surface area contributed by atoms with Crippen LogP contribution in [-0.2, 0) is 4.79 Å². The fourth-order valence-corrected chi connectivity index (χ4v) is 1.32. The van der Waals surface area contributed by atoms with E-state index in [1.165, 1.54) is 6.92 Å². The number of carbonyl (C=O) groups is 1. The van der Waals surface area contributed by atoms with Crippen molar-refractivity contribution >= 4 is 41.5 Å². The Morgan fingerprint density at radius 2 is 2.17 bits per heavy atom. The predicted molar refractivity (Wildman–Crippen MR) is 85.4 cm³/mol. The van der Waals surface area contributed by atoms with Gasteiger partial charge in [-0.05, 0) is 24.6 Å². The molecule has 0 saturated carbocycles. The molecule has 0 aliphatic heterocycles. The van der Waals surface area contributed by atoms with E-state index in [0.29, 0.717) is 19.0 Å². The van der Waals surface area contributed by atoms with Gasteiger partial charge in [-0.15, -0.1) is 24.0 Å². The lowest BCUT2D eigenvalue weighted by atomic mass is 10.2. The summed E-state index contributed by atoms with van der Waals surface area (Å²) in [5.41, 5.74) is 7.76. The first-order valence-corrected chi connectivity index (χ1v) is 5.46. The van der Waals surface area contributed by atoms with Gasteiger partial charge in [-0.3, -0.25) is 9.79 Å². The number of aryl methyl sites for hydroxylation is 1. The summed E-state index contributed by atoms with van der Waals surface area (Å²) in [5, 5.41) is 5.63. The summed E-state index contributed by atoms with van der Waals surface area (Å²) in [7, 11) is 0. The van der Waals surface area contributed by atoms with Crippen molar-refractivity contribution < 1.29 is 4.79 Å². The Morgan fingerprint density at radius 3 is 2.78 bits per heavy atom. The van der Waals surface area contributed by atoms with Crippen molar-refractivity contribution in [3.63, 3.8) is 0 Å². The molecule has 0 saturated heterocycles. The Kier molecular flexibility index (Phi) is 8.10. The highest BCUT2D eigenvalue weighted by Gasteiger charge is 1.95. The molecule has 0 radical (unpaired) electrons. The van der Waals surface area contributed by atoms with E-state index < -0.39 is 0 Å². The van der Waals surface area contributed by atoms with Gasteiger partial charge in [-0.2, -0.15) is 0 Å². The van der Waals surface area contributed by atoms with E-state index in [1.54, 1.807) is 0 Å². The molecule has 0 spiro atoms. The number of hydrogen-bond donors (Lipinski definition) is 3. The van der Waals surface area contributed by atoms with Gasteiger partial charge in [0.25, 0.3) is 0 Å². The summed E-state index contributed by atoms with van der Waals surface area (Å²) < 4.78 is 0. The number of guanidine groups is 1. The van der Waals surface area contributed by atoms with Gasteiger partial charge < -0.3 is 16.4 Å². The third kappa shape index (κ3) is 7.10. The van der Waals surface area contributed by atoms with Crippen LogP contribution in [0.1, 0.15) is 12.5 Å². The minimum atomic E-state index is -0.0644. The van der Waals surface area contributed by atoms with Gasteiger partial charge in [-0.1, -0.05) is 12.1 Å². The number of nitrogens with zero attached hydrogens (tertiary/aromatic N) is 1. The van der Waals surface area contributed by atoms with Crippen LogP contribution in [0, 0.1) is 6.92 Å². The molecule has 0 unspecified atom stereocenters. The number of amides is 1. The van der Waals surface area contributed by atoms with Crippen LogP contribution in [0.4, 0.5) is 5.69 Å². The van der Waals surface area contributed by atoms with E-state index in [-0.39, 0.29) is 29.9 Å². The number of rotatable bonds is 4. The lowest BCUT2D eigenvalue weighted by Gasteiger charge is -2.06. The second-order valence-corrected chi connectivity index (χ2v) is 3.74. The van der Waals surface area contributed by atoms with E-state index in [9.17, 15) is 4.79 Å². The molecule has 1 aromatic carbocycles. The SMILES string of the molecule is CC(=O)NCCN=C(N)Nc1cccc(C)c1.I. The zero-order chi connectivity index (χ0) is 12.7. The number of halogens is 1. The molecule has 6 heteroatoms. The third-order valence-corrected chi connectivity index (χ3v) is 2.06. The zero-order valence-corrected chi connectivity index (χ0v) is 12.9. The molecule has 18 heavy (non-hydrogen) atoms. The van der Waals surface area contributed by atoms with Gasteiger partial charge >= 0.3 is 0 Å². The van der Waals surface area contributed by atoms with Gasteiger partial charge in [0.15, 0.2) is 5.96 Å². The van der Waals surface area contributed by atoms with Gasteiger partial charge in [0.1, 0.15) is 0 Å². The minimum Gasteiger partial charge on any atom is -0.370 e. The molecule has 0 heterocycles. The lowest BCUT2D eigenvalue weighted by molar-refractivity contribution is -0.118. The zero-order valence-electron chi connectivity index (χ0n) is 10.6. The van der Waals surface area contributed by atoms with Crippen LogP contribution >= 0.6 is 24.0 Å². The summed E-state index contributed by atoms with van der Waals surface area (Å²) in [4.78, 5) is 14.7. The summed E-state index contributed by atoms with van der Waals surface area (Å²) in [6.45, 7) is 4.43. The van der Waals surface area contributed by atoms with E-state index in [2.05, 4.69) is 15.6 Å². The Hall–Kier alpha value is -1.31. The number of anilines is 1. The third-order valence-electron chi connectivity index (χ3n) is 2.06. The fraction of sp³-hybridized carbons (Fsp3) is 0.333. The van der Waals surface area contributed by atoms with Crippen LogP contribution < -0.4 is 16.4 Å². The van der Waals surface area contributed by atoms with Gasteiger partial charge in [0, 0.05) is 19.2 Å². The normalized spacial score (nSPS) is 10.4. The Morgan fingerprint density at radius 1 is 1.44 bits per heavy atom. The molecule has 1 amide bonds. The van der Waals surface area contributed by atoms with Crippen molar-refractivity contribution in [3.8, 4) is 0 Å². The highest BCUT2D eigenvalue weighted by atomic mass is 127. The first-order valence-electron chi connectivity index (χ1n) is 5.46. The lowest BCUT2D eigenvalue weighted by Crippen LogP contribution is -2.26. The van der Waals surface area contributed by atoms with E-state index in [1.807, 2.05) is 31.2 Å². The molecule has 0 aliphatic carbocycles. The number of hydrogen-bond acceptors (Lipinski definition) is 2. The Balaban J connectivity index is 0.00000289. The molecule has 0 bridgehead atoms. The highest BCUT2D eigenvalue weighted by molar-refractivity contribution is 14.0. The summed E-state index contributed by atoms with van der Waals surface area (Å²) in [5.74, 6) is 0.284. The highest BCUT2D eigenvalue weighted by Crippen LogP contribution is 2.08. The first kappa shape index (κ1) is 16.7. The maximum atomic E-state index is 10.6. The molecule has 0 fully saturated rings. The molecule has 0 aliphatic rings. The molecule has 0 atom stereocenters. The second-order valence-electron chi connectivity index (χ2n) is 3.74. The predicted octanol–water partition coefficient (Wildman–Crippen LogP) is 1.48. The van der Waals surface area contributed by atoms with E-state index in [4.69, 9.17) is 5.73 Å². The Labute approximate surface area is 124 Å². The van der Waals surface area contributed by atoms with Crippen molar-refractivity contribution in [2.45, 2.75) is 13.8 Å². The monoisotopic (exact) mass is 362 g/mol. The number of carbonyl (C=O) groups excluding carboxylic acids is 1. The van der Waals surface area contributed by atoms with Crippen molar-refractivity contribution in [1.82, 2.24) is 5.32 Å². The van der Waals surface area contributed by atoms with Crippen LogP contribution in [0.5, 0.6) is 0 Å². The topological polar surface area (TPSA) is 79.5 Å². The van der Waals surface area contributed by atoms with E-state index >= 15 is 0 Å². The molecular weight excluding hydrogens is 343 g/mol. The van der Waals surface area contributed by atoms with Gasteiger partial charge in [-0.25, -0.2) is 0 Å². The Bertz CT molecular complexity index is 420. The molecule has 1 rings (SSSR count). The molecule has 100 valence electrons. The molecular formula is C12H19IN4O. The summed E-state index contributed by atoms with van der Waals surface area (Å²) >= 11 is 0. The maximum Gasteiger partial charge on any atom is 0.216 e. The summed E-state index contributed by atoms with van der Waals surface area (Å²) in [6, 6.07) is 7.86. The van der Waals surface area contributed by atoms with Gasteiger partial charge in [0.2, 0.25) is 5.91 Å².